The van der Waals surface area contributed by atoms with Gasteiger partial charge in [-0.2, -0.15) is 0 Å². The Morgan fingerprint density at radius 1 is 1.11 bits per heavy atom. The fourth-order valence-corrected chi connectivity index (χ4v) is 2.59. The average molecular weight is 472 g/mol. The molecule has 148 valence electrons. The minimum atomic E-state index is -0.648. The van der Waals surface area contributed by atoms with Crippen LogP contribution in [-0.2, 0) is 14.3 Å². The van der Waals surface area contributed by atoms with Crippen molar-refractivity contribution < 1.29 is 23.5 Å². The first-order valence-electron chi connectivity index (χ1n) is 8.29. The molecule has 2 N–H and O–H groups in total. The van der Waals surface area contributed by atoms with E-state index in [-0.39, 0.29) is 24.6 Å². The number of carbonyl (C=O) groups is 3. The number of halogens is 3. The highest BCUT2D eigenvalue weighted by Gasteiger charge is 2.11. The molecule has 0 radical (unpaired) electrons. The fourth-order valence-electron chi connectivity index (χ4n) is 2.13. The first-order valence-corrected chi connectivity index (χ1v) is 9.46. The Morgan fingerprint density at radius 2 is 1.82 bits per heavy atom. The molecule has 0 heterocycles. The van der Waals surface area contributed by atoms with Crippen LogP contribution < -0.4 is 10.6 Å². The lowest BCUT2D eigenvalue weighted by Crippen LogP contribution is -2.25. The van der Waals surface area contributed by atoms with Crippen molar-refractivity contribution >= 4 is 51.0 Å². The van der Waals surface area contributed by atoms with Crippen LogP contribution in [0.3, 0.4) is 0 Å². The Morgan fingerprint density at radius 3 is 2.50 bits per heavy atom. The Hall–Kier alpha value is -2.45. The highest BCUT2D eigenvalue weighted by atomic mass is 79.9. The maximum absolute atomic E-state index is 13.6. The second kappa shape index (κ2) is 10.8. The summed E-state index contributed by atoms with van der Waals surface area (Å²) in [5.41, 5.74) is 0.456. The molecule has 2 aromatic carbocycles. The second-order valence-corrected chi connectivity index (χ2v) is 7.05. The van der Waals surface area contributed by atoms with E-state index in [0.717, 1.165) is 0 Å². The van der Waals surface area contributed by atoms with E-state index < -0.39 is 24.3 Å². The van der Waals surface area contributed by atoms with Gasteiger partial charge in [-0.15, -0.1) is 0 Å². The van der Waals surface area contributed by atoms with E-state index in [1.807, 2.05) is 0 Å². The van der Waals surface area contributed by atoms with Gasteiger partial charge in [-0.1, -0.05) is 27.5 Å². The first kappa shape index (κ1) is 21.8. The van der Waals surface area contributed by atoms with Crippen molar-refractivity contribution in [3.63, 3.8) is 0 Å². The summed E-state index contributed by atoms with van der Waals surface area (Å²) in [5.74, 6) is -2.12. The quantitative estimate of drug-likeness (QED) is 0.451. The molecule has 0 saturated carbocycles. The maximum Gasteiger partial charge on any atom is 0.306 e. The monoisotopic (exact) mass is 470 g/mol. The van der Waals surface area contributed by atoms with Gasteiger partial charge in [0.25, 0.3) is 11.8 Å². The summed E-state index contributed by atoms with van der Waals surface area (Å²) in [6, 6.07) is 10.6. The number of rotatable bonds is 8. The Balaban J connectivity index is 1.63. The van der Waals surface area contributed by atoms with Gasteiger partial charge in [-0.25, -0.2) is 4.39 Å². The third kappa shape index (κ3) is 7.28. The molecule has 2 aromatic rings. The Labute approximate surface area is 174 Å². The van der Waals surface area contributed by atoms with E-state index in [4.69, 9.17) is 16.3 Å². The van der Waals surface area contributed by atoms with Crippen LogP contribution in [0.2, 0.25) is 5.02 Å². The largest absolute Gasteiger partial charge is 0.456 e. The molecule has 0 aliphatic rings. The minimum absolute atomic E-state index is 0.00541. The molecule has 0 aromatic heterocycles. The third-order valence-corrected chi connectivity index (χ3v) is 4.26. The molecule has 6 nitrogen and oxygen atoms in total. The predicted octanol–water partition coefficient (Wildman–Crippen LogP) is 3.93. The molecule has 0 atom stereocenters. The van der Waals surface area contributed by atoms with E-state index in [1.165, 1.54) is 12.1 Å². The zero-order valence-electron chi connectivity index (χ0n) is 14.6. The molecule has 0 saturated heterocycles. The van der Waals surface area contributed by atoms with Crippen LogP contribution in [0.4, 0.5) is 10.1 Å². The lowest BCUT2D eigenvalue weighted by Gasteiger charge is -2.08. The SMILES string of the molecule is O=C(COC(=O)CCCNC(=O)c1ccc(Cl)cc1)Nc1ccc(Br)cc1F. The zero-order chi connectivity index (χ0) is 20.5. The molecule has 2 rings (SSSR count). The molecule has 9 heteroatoms. The van der Waals surface area contributed by atoms with Crippen molar-refractivity contribution in [1.29, 1.82) is 0 Å². The molecule has 0 aliphatic carbocycles. The van der Waals surface area contributed by atoms with Gasteiger partial charge in [0, 0.05) is 28.0 Å². The van der Waals surface area contributed by atoms with Gasteiger partial charge < -0.3 is 15.4 Å². The number of esters is 1. The average Bonchev–Trinajstić information content (AvgIpc) is 2.66. The predicted molar refractivity (Wildman–Crippen MR) is 107 cm³/mol. The van der Waals surface area contributed by atoms with Crippen molar-refractivity contribution in [3.8, 4) is 0 Å². The van der Waals surface area contributed by atoms with Crippen molar-refractivity contribution in [2.24, 2.45) is 0 Å². The summed E-state index contributed by atoms with van der Waals surface area (Å²) in [7, 11) is 0. The van der Waals surface area contributed by atoms with Gasteiger partial charge in [-0.05, 0) is 48.9 Å². The van der Waals surface area contributed by atoms with Crippen LogP contribution in [0.15, 0.2) is 46.9 Å². The van der Waals surface area contributed by atoms with Crippen LogP contribution in [0.5, 0.6) is 0 Å². The van der Waals surface area contributed by atoms with Gasteiger partial charge in [0.15, 0.2) is 6.61 Å². The van der Waals surface area contributed by atoms with Crippen molar-refractivity contribution in [2.75, 3.05) is 18.5 Å². The number of carbonyl (C=O) groups excluding carboxylic acids is 3. The van der Waals surface area contributed by atoms with Crippen molar-refractivity contribution in [3.05, 3.63) is 63.3 Å². The van der Waals surface area contributed by atoms with E-state index in [9.17, 15) is 18.8 Å². The molecule has 0 fully saturated rings. The topological polar surface area (TPSA) is 84.5 Å². The van der Waals surface area contributed by atoms with E-state index in [1.54, 1.807) is 30.3 Å². The number of amides is 2. The van der Waals surface area contributed by atoms with E-state index in [0.29, 0.717) is 21.5 Å². The number of anilines is 1. The van der Waals surface area contributed by atoms with Crippen LogP contribution in [0.25, 0.3) is 0 Å². The molecule has 0 unspecified atom stereocenters. The summed E-state index contributed by atoms with van der Waals surface area (Å²) >= 11 is 8.87. The van der Waals surface area contributed by atoms with Gasteiger partial charge in [0.1, 0.15) is 5.82 Å². The molecule has 0 bridgehead atoms. The Bertz CT molecular complexity index is 862. The van der Waals surface area contributed by atoms with Gasteiger partial charge in [0.05, 0.1) is 5.69 Å². The Kier molecular flexibility index (Phi) is 8.41. The summed E-state index contributed by atoms with van der Waals surface area (Å²) < 4.78 is 19.0. The van der Waals surface area contributed by atoms with Gasteiger partial charge >= 0.3 is 5.97 Å². The van der Waals surface area contributed by atoms with E-state index in [2.05, 4.69) is 26.6 Å². The maximum atomic E-state index is 13.6. The van der Waals surface area contributed by atoms with Crippen LogP contribution >= 0.6 is 27.5 Å². The summed E-state index contributed by atoms with van der Waals surface area (Å²) in [4.78, 5) is 35.3. The zero-order valence-corrected chi connectivity index (χ0v) is 17.0. The van der Waals surface area contributed by atoms with Crippen LogP contribution in [0, 0.1) is 5.82 Å². The number of hydrogen-bond donors (Lipinski definition) is 2. The van der Waals surface area contributed by atoms with E-state index >= 15 is 0 Å². The number of nitrogens with one attached hydrogen (secondary N) is 2. The van der Waals surface area contributed by atoms with Crippen molar-refractivity contribution in [1.82, 2.24) is 5.32 Å². The smallest absolute Gasteiger partial charge is 0.306 e. The van der Waals surface area contributed by atoms with Crippen LogP contribution in [-0.4, -0.2) is 30.9 Å². The first-order chi connectivity index (χ1) is 13.3. The minimum Gasteiger partial charge on any atom is -0.456 e. The molecule has 28 heavy (non-hydrogen) atoms. The second-order valence-electron chi connectivity index (χ2n) is 5.70. The van der Waals surface area contributed by atoms with Crippen molar-refractivity contribution in [2.45, 2.75) is 12.8 Å². The highest BCUT2D eigenvalue weighted by molar-refractivity contribution is 9.10. The van der Waals surface area contributed by atoms with Gasteiger partial charge in [0.2, 0.25) is 0 Å². The highest BCUT2D eigenvalue weighted by Crippen LogP contribution is 2.19. The normalized spacial score (nSPS) is 10.2. The third-order valence-electron chi connectivity index (χ3n) is 3.52. The summed E-state index contributed by atoms with van der Waals surface area (Å²) in [5, 5.41) is 5.52. The number of benzene rings is 2. The number of ether oxygens (including phenoxy) is 1. The lowest BCUT2D eigenvalue weighted by molar-refractivity contribution is -0.147. The molecular weight excluding hydrogens is 455 g/mol. The molecule has 2 amide bonds. The fraction of sp³-hybridized carbons (Fsp3) is 0.211. The number of hydrogen-bond acceptors (Lipinski definition) is 4. The van der Waals surface area contributed by atoms with Crippen LogP contribution in [0.1, 0.15) is 23.2 Å². The molecular formula is C19H17BrClFN2O4. The summed E-state index contributed by atoms with van der Waals surface area (Å²) in [6.45, 7) is -0.252. The lowest BCUT2D eigenvalue weighted by atomic mass is 10.2. The molecule has 0 spiro atoms. The van der Waals surface area contributed by atoms with Gasteiger partial charge in [-0.3, -0.25) is 14.4 Å². The molecule has 0 aliphatic heterocycles. The summed E-state index contributed by atoms with van der Waals surface area (Å²) in [6.07, 6.45) is 0.377. The standard InChI is InChI=1S/C19H17BrClFN2O4/c20-13-5-8-16(15(22)10-13)24-17(25)11-28-18(26)2-1-9-23-19(27)12-3-6-14(21)7-4-12/h3-8,10H,1-2,9,11H2,(H,23,27)(H,24,25).